The minimum absolute atomic E-state index is 0.0454. The lowest BCUT2D eigenvalue weighted by Gasteiger charge is -2.17. The first-order valence-corrected chi connectivity index (χ1v) is 9.06. The molecule has 2 aromatic rings. The molecule has 5 rings (SSSR count). The summed E-state index contributed by atoms with van der Waals surface area (Å²) in [6.07, 6.45) is 6.41. The van der Waals surface area contributed by atoms with Crippen LogP contribution in [0.3, 0.4) is 0 Å². The molecule has 5 heteroatoms. The Morgan fingerprint density at radius 1 is 0.852 bits per heavy atom. The first kappa shape index (κ1) is 16.3. The number of ether oxygens (including phenoxy) is 5. The van der Waals surface area contributed by atoms with E-state index in [-0.39, 0.29) is 25.6 Å². The lowest BCUT2D eigenvalue weighted by atomic mass is 9.90. The van der Waals surface area contributed by atoms with Crippen LogP contribution in [0, 0.1) is 5.92 Å². The van der Waals surface area contributed by atoms with Gasteiger partial charge in [0.2, 0.25) is 13.6 Å². The fraction of sp³-hybridized carbons (Fsp3) is 0.273. The summed E-state index contributed by atoms with van der Waals surface area (Å²) in [4.78, 5) is 0. The molecular weight excluding hydrogens is 344 g/mol. The van der Waals surface area contributed by atoms with Crippen molar-refractivity contribution in [3.8, 4) is 23.0 Å². The summed E-state index contributed by atoms with van der Waals surface area (Å²) in [7, 11) is 0. The molecule has 0 bridgehead atoms. The topological polar surface area (TPSA) is 46.2 Å². The maximum atomic E-state index is 6.17. The molecule has 3 aliphatic heterocycles. The Hall–Kier alpha value is -2.92. The molecule has 0 spiro atoms. The predicted octanol–water partition coefficient (Wildman–Crippen LogP) is 4.49. The van der Waals surface area contributed by atoms with Crippen molar-refractivity contribution in [2.45, 2.75) is 13.0 Å². The molecular formula is C22H20O5. The Morgan fingerprint density at radius 2 is 1.56 bits per heavy atom. The average molecular weight is 364 g/mol. The highest BCUT2D eigenvalue weighted by Gasteiger charge is 2.33. The summed E-state index contributed by atoms with van der Waals surface area (Å²) in [6, 6.07) is 12.0. The van der Waals surface area contributed by atoms with Crippen molar-refractivity contribution in [3.05, 3.63) is 65.3 Å². The van der Waals surface area contributed by atoms with Gasteiger partial charge in [0, 0.05) is 5.92 Å². The van der Waals surface area contributed by atoms with Crippen LogP contribution in [-0.4, -0.2) is 20.2 Å². The zero-order valence-electron chi connectivity index (χ0n) is 15.0. The highest BCUT2D eigenvalue weighted by Crippen LogP contribution is 2.43. The molecule has 138 valence electrons. The largest absolute Gasteiger partial charge is 0.454 e. The van der Waals surface area contributed by atoms with Crippen LogP contribution in [-0.2, 0) is 4.74 Å². The standard InChI is InChI=1S/C22H20O5/c1-2-3-17-16(8-14-4-6-18-20(9-14)26-12-24-18)11-23-22(17)15-5-7-19-21(10-15)27-13-25-19/h2-10,17,22H,11-13H2,1H3/b3-2+,16-8+/t17-,22+/m0/s1. The van der Waals surface area contributed by atoms with Gasteiger partial charge in [0.1, 0.15) is 0 Å². The van der Waals surface area contributed by atoms with E-state index in [1.165, 1.54) is 5.57 Å². The zero-order chi connectivity index (χ0) is 18.2. The van der Waals surface area contributed by atoms with Gasteiger partial charge in [-0.15, -0.1) is 0 Å². The molecule has 27 heavy (non-hydrogen) atoms. The molecule has 0 radical (unpaired) electrons. The summed E-state index contributed by atoms with van der Waals surface area (Å²) >= 11 is 0. The van der Waals surface area contributed by atoms with Gasteiger partial charge in [-0.3, -0.25) is 0 Å². The summed E-state index contributed by atoms with van der Waals surface area (Å²) in [5.41, 5.74) is 3.41. The third kappa shape index (κ3) is 2.94. The quantitative estimate of drug-likeness (QED) is 0.751. The SMILES string of the molecule is C/C=C/[C@H]1/C(=C/c2ccc3c(c2)OCO3)CO[C@@H]1c1ccc2c(c1)OCO2. The van der Waals surface area contributed by atoms with Crippen molar-refractivity contribution in [2.75, 3.05) is 20.2 Å². The van der Waals surface area contributed by atoms with Crippen LogP contribution in [0.2, 0.25) is 0 Å². The molecule has 2 aromatic carbocycles. The summed E-state index contributed by atoms with van der Waals surface area (Å²) in [5.74, 6) is 3.32. The number of benzene rings is 2. The van der Waals surface area contributed by atoms with Crippen LogP contribution >= 0.6 is 0 Å². The second-order valence-electron chi connectivity index (χ2n) is 6.73. The van der Waals surface area contributed by atoms with Gasteiger partial charge < -0.3 is 23.7 Å². The monoisotopic (exact) mass is 364 g/mol. The summed E-state index contributed by atoms with van der Waals surface area (Å²) in [6.45, 7) is 3.18. The summed E-state index contributed by atoms with van der Waals surface area (Å²) < 4.78 is 28.0. The van der Waals surface area contributed by atoms with Crippen LogP contribution in [0.4, 0.5) is 0 Å². The molecule has 3 aliphatic rings. The minimum Gasteiger partial charge on any atom is -0.454 e. The van der Waals surface area contributed by atoms with E-state index in [0.29, 0.717) is 6.61 Å². The van der Waals surface area contributed by atoms with E-state index in [9.17, 15) is 0 Å². The van der Waals surface area contributed by atoms with E-state index in [4.69, 9.17) is 23.7 Å². The lowest BCUT2D eigenvalue weighted by molar-refractivity contribution is 0.100. The van der Waals surface area contributed by atoms with Crippen LogP contribution in [0.15, 0.2) is 54.1 Å². The van der Waals surface area contributed by atoms with Crippen molar-refractivity contribution < 1.29 is 23.7 Å². The molecule has 1 fully saturated rings. The second-order valence-corrected chi connectivity index (χ2v) is 6.73. The van der Waals surface area contributed by atoms with Crippen molar-refractivity contribution >= 4 is 6.08 Å². The number of allylic oxidation sites excluding steroid dienone is 1. The maximum Gasteiger partial charge on any atom is 0.231 e. The number of hydrogen-bond donors (Lipinski definition) is 0. The number of hydrogen-bond acceptors (Lipinski definition) is 5. The molecule has 1 saturated heterocycles. The third-order valence-corrected chi connectivity index (χ3v) is 5.06. The number of fused-ring (bicyclic) bond motifs is 2. The zero-order valence-corrected chi connectivity index (χ0v) is 15.0. The third-order valence-electron chi connectivity index (χ3n) is 5.06. The Labute approximate surface area is 157 Å². The smallest absolute Gasteiger partial charge is 0.231 e. The molecule has 0 saturated carbocycles. The normalized spacial score (nSPS) is 24.3. The Bertz CT molecular complexity index is 930. The van der Waals surface area contributed by atoms with E-state index in [1.54, 1.807) is 0 Å². The summed E-state index contributed by atoms with van der Waals surface area (Å²) in [5, 5.41) is 0. The average Bonchev–Trinajstić information content (AvgIpc) is 3.41. The van der Waals surface area contributed by atoms with Crippen molar-refractivity contribution in [2.24, 2.45) is 5.92 Å². The highest BCUT2D eigenvalue weighted by atomic mass is 16.7. The maximum absolute atomic E-state index is 6.17. The van der Waals surface area contributed by atoms with Crippen molar-refractivity contribution in [1.82, 2.24) is 0 Å². The Kier molecular flexibility index (Phi) is 4.02. The van der Waals surface area contributed by atoms with Gasteiger partial charge in [-0.25, -0.2) is 0 Å². The van der Waals surface area contributed by atoms with E-state index < -0.39 is 0 Å². The molecule has 0 amide bonds. The molecule has 0 unspecified atom stereocenters. The minimum atomic E-state index is -0.0454. The van der Waals surface area contributed by atoms with Gasteiger partial charge in [0.05, 0.1) is 12.7 Å². The molecule has 0 N–H and O–H groups in total. The molecule has 2 atom stereocenters. The van der Waals surface area contributed by atoms with E-state index >= 15 is 0 Å². The van der Waals surface area contributed by atoms with Crippen LogP contribution in [0.5, 0.6) is 23.0 Å². The van der Waals surface area contributed by atoms with Gasteiger partial charge in [-0.2, -0.15) is 0 Å². The lowest BCUT2D eigenvalue weighted by Crippen LogP contribution is -2.06. The van der Waals surface area contributed by atoms with Crippen molar-refractivity contribution in [1.29, 1.82) is 0 Å². The van der Waals surface area contributed by atoms with E-state index in [2.05, 4.69) is 24.3 Å². The molecule has 0 aromatic heterocycles. The first-order valence-electron chi connectivity index (χ1n) is 9.06. The predicted molar refractivity (Wildman–Crippen MR) is 100 cm³/mol. The van der Waals surface area contributed by atoms with Gasteiger partial charge in [-0.05, 0) is 47.9 Å². The highest BCUT2D eigenvalue weighted by molar-refractivity contribution is 5.60. The number of rotatable bonds is 3. The Balaban J connectivity index is 1.46. The van der Waals surface area contributed by atoms with Crippen LogP contribution in [0.25, 0.3) is 6.08 Å². The van der Waals surface area contributed by atoms with Crippen LogP contribution < -0.4 is 18.9 Å². The molecule has 3 heterocycles. The molecule has 5 nitrogen and oxygen atoms in total. The van der Waals surface area contributed by atoms with E-state index in [1.807, 2.05) is 37.3 Å². The fourth-order valence-corrected chi connectivity index (χ4v) is 3.76. The Morgan fingerprint density at radius 3 is 2.33 bits per heavy atom. The molecule has 0 aliphatic carbocycles. The van der Waals surface area contributed by atoms with Crippen molar-refractivity contribution in [3.63, 3.8) is 0 Å². The van der Waals surface area contributed by atoms with Gasteiger partial charge in [0.15, 0.2) is 23.0 Å². The van der Waals surface area contributed by atoms with E-state index in [0.717, 1.165) is 34.1 Å². The first-order chi connectivity index (χ1) is 13.3. The fourth-order valence-electron chi connectivity index (χ4n) is 3.76. The van der Waals surface area contributed by atoms with Gasteiger partial charge in [0.25, 0.3) is 0 Å². The van der Waals surface area contributed by atoms with Crippen LogP contribution in [0.1, 0.15) is 24.2 Å². The second kappa shape index (κ2) is 6.67. The van der Waals surface area contributed by atoms with Gasteiger partial charge in [-0.1, -0.05) is 30.4 Å². The van der Waals surface area contributed by atoms with Gasteiger partial charge >= 0.3 is 0 Å².